The van der Waals surface area contributed by atoms with Crippen molar-refractivity contribution in [2.24, 2.45) is 0 Å². The number of nitrogens with zero attached hydrogens (tertiary/aromatic N) is 4. The molecule has 3 heterocycles. The van der Waals surface area contributed by atoms with Crippen LogP contribution in [0.4, 0.5) is 4.39 Å². The van der Waals surface area contributed by atoms with E-state index in [2.05, 4.69) is 26.7 Å². The number of aromatic nitrogens is 2. The molecule has 1 saturated heterocycles. The van der Waals surface area contributed by atoms with Gasteiger partial charge in [-0.1, -0.05) is 6.07 Å². The van der Waals surface area contributed by atoms with Crippen molar-refractivity contribution < 1.29 is 9.13 Å². The molecule has 0 aromatic carbocycles. The van der Waals surface area contributed by atoms with Crippen molar-refractivity contribution in [3.8, 4) is 5.88 Å². The van der Waals surface area contributed by atoms with E-state index < -0.39 is 0 Å². The predicted molar refractivity (Wildman–Crippen MR) is 80.5 cm³/mol. The van der Waals surface area contributed by atoms with Crippen molar-refractivity contribution >= 4 is 0 Å². The molecule has 0 N–H and O–H groups in total. The van der Waals surface area contributed by atoms with Crippen molar-refractivity contribution in [1.29, 1.82) is 0 Å². The van der Waals surface area contributed by atoms with Crippen molar-refractivity contribution in [3.63, 3.8) is 0 Å². The van der Waals surface area contributed by atoms with E-state index in [1.807, 2.05) is 18.2 Å². The Morgan fingerprint density at radius 3 is 2.82 bits per heavy atom. The Bertz CT molecular complexity index is 646. The first-order chi connectivity index (χ1) is 10.7. The highest BCUT2D eigenvalue weighted by atomic mass is 19.1. The molecule has 1 aliphatic heterocycles. The van der Waals surface area contributed by atoms with Crippen LogP contribution in [0.3, 0.4) is 0 Å². The molecule has 0 bridgehead atoms. The lowest BCUT2D eigenvalue weighted by molar-refractivity contribution is -0.0645. The summed E-state index contributed by atoms with van der Waals surface area (Å²) >= 11 is 0. The maximum Gasteiger partial charge on any atom is 0.213 e. The number of halogens is 1. The van der Waals surface area contributed by atoms with Crippen molar-refractivity contribution in [1.82, 2.24) is 19.8 Å². The standard InChI is InChI=1S/C16H19FN4O/c1-12(14-6-3-7-16(19-14)22-2)21-10-20(11-21)9-15-13(17)5-4-8-18-15/h3-8,12H,9-11H2,1-2H3. The van der Waals surface area contributed by atoms with Crippen LogP contribution < -0.4 is 4.74 Å². The van der Waals surface area contributed by atoms with Crippen LogP contribution in [-0.2, 0) is 6.54 Å². The summed E-state index contributed by atoms with van der Waals surface area (Å²) in [5.74, 6) is 0.376. The molecule has 22 heavy (non-hydrogen) atoms. The Kier molecular flexibility index (Phi) is 4.31. The third-order valence-electron chi connectivity index (χ3n) is 3.90. The molecule has 0 aliphatic carbocycles. The van der Waals surface area contributed by atoms with E-state index in [0.717, 1.165) is 19.0 Å². The van der Waals surface area contributed by atoms with Gasteiger partial charge in [0.2, 0.25) is 5.88 Å². The highest BCUT2D eigenvalue weighted by Crippen LogP contribution is 2.26. The van der Waals surface area contributed by atoms with Gasteiger partial charge in [-0.2, -0.15) is 0 Å². The maximum absolute atomic E-state index is 13.6. The average Bonchev–Trinajstić information content (AvgIpc) is 2.51. The number of ether oxygens (including phenoxy) is 1. The van der Waals surface area contributed by atoms with E-state index in [0.29, 0.717) is 18.1 Å². The Morgan fingerprint density at radius 2 is 2.09 bits per heavy atom. The summed E-state index contributed by atoms with van der Waals surface area (Å²) in [5, 5.41) is 0. The van der Waals surface area contributed by atoms with Crippen LogP contribution in [0.1, 0.15) is 24.4 Å². The van der Waals surface area contributed by atoms with Crippen LogP contribution in [0.2, 0.25) is 0 Å². The largest absolute Gasteiger partial charge is 0.481 e. The second kappa shape index (κ2) is 6.37. The normalized spacial score (nSPS) is 17.0. The van der Waals surface area contributed by atoms with Crippen molar-refractivity contribution in [2.45, 2.75) is 19.5 Å². The molecule has 0 saturated carbocycles. The summed E-state index contributed by atoms with van der Waals surface area (Å²) in [6.45, 7) is 4.19. The highest BCUT2D eigenvalue weighted by molar-refractivity contribution is 5.18. The van der Waals surface area contributed by atoms with Crippen molar-refractivity contribution in [3.05, 3.63) is 53.7 Å². The molecule has 1 fully saturated rings. The second-order valence-corrected chi connectivity index (χ2v) is 5.41. The number of hydrogen-bond acceptors (Lipinski definition) is 5. The van der Waals surface area contributed by atoms with E-state index in [9.17, 15) is 4.39 Å². The highest BCUT2D eigenvalue weighted by Gasteiger charge is 2.30. The number of pyridine rings is 2. The summed E-state index contributed by atoms with van der Waals surface area (Å²) in [6, 6.07) is 9.02. The zero-order valence-electron chi connectivity index (χ0n) is 12.7. The van der Waals surface area contributed by atoms with Gasteiger partial charge < -0.3 is 4.74 Å². The van der Waals surface area contributed by atoms with Gasteiger partial charge in [-0.25, -0.2) is 9.37 Å². The number of hydrogen-bond donors (Lipinski definition) is 0. The van der Waals surface area contributed by atoms with E-state index in [4.69, 9.17) is 4.74 Å². The first kappa shape index (κ1) is 14.9. The van der Waals surface area contributed by atoms with Gasteiger partial charge in [-0.05, 0) is 25.1 Å². The van der Waals surface area contributed by atoms with Crippen LogP contribution >= 0.6 is 0 Å². The summed E-state index contributed by atoms with van der Waals surface area (Å²) in [7, 11) is 1.61. The van der Waals surface area contributed by atoms with Crippen LogP contribution in [0.5, 0.6) is 5.88 Å². The van der Waals surface area contributed by atoms with Crippen LogP contribution in [0.15, 0.2) is 36.5 Å². The minimum Gasteiger partial charge on any atom is -0.481 e. The zero-order valence-corrected chi connectivity index (χ0v) is 12.7. The van der Waals surface area contributed by atoms with Gasteiger partial charge in [-0.3, -0.25) is 14.8 Å². The first-order valence-electron chi connectivity index (χ1n) is 7.24. The van der Waals surface area contributed by atoms with Crippen LogP contribution in [0.25, 0.3) is 0 Å². The molecule has 116 valence electrons. The van der Waals surface area contributed by atoms with Gasteiger partial charge in [0, 0.05) is 18.8 Å². The molecular formula is C16H19FN4O. The van der Waals surface area contributed by atoms with E-state index >= 15 is 0 Å². The quantitative estimate of drug-likeness (QED) is 0.848. The third-order valence-corrected chi connectivity index (χ3v) is 3.90. The van der Waals surface area contributed by atoms with Gasteiger partial charge >= 0.3 is 0 Å². The molecule has 0 spiro atoms. The topological polar surface area (TPSA) is 41.5 Å². The van der Waals surface area contributed by atoms with Crippen molar-refractivity contribution in [2.75, 3.05) is 20.4 Å². The lowest BCUT2D eigenvalue weighted by Crippen LogP contribution is -2.55. The summed E-state index contributed by atoms with van der Waals surface area (Å²) in [4.78, 5) is 13.0. The smallest absolute Gasteiger partial charge is 0.213 e. The van der Waals surface area contributed by atoms with E-state index in [-0.39, 0.29) is 11.9 Å². The second-order valence-electron chi connectivity index (χ2n) is 5.41. The molecule has 0 radical (unpaired) electrons. The van der Waals surface area contributed by atoms with Gasteiger partial charge in [0.25, 0.3) is 0 Å². The zero-order chi connectivity index (χ0) is 15.5. The summed E-state index contributed by atoms with van der Waals surface area (Å²) < 4.78 is 18.7. The van der Waals surface area contributed by atoms with Crippen LogP contribution in [-0.4, -0.2) is 40.2 Å². The van der Waals surface area contributed by atoms with Crippen LogP contribution in [0, 0.1) is 5.82 Å². The molecule has 5 nitrogen and oxygen atoms in total. The molecule has 0 amide bonds. The lowest BCUT2D eigenvalue weighted by Gasteiger charge is -2.45. The van der Waals surface area contributed by atoms with E-state index in [1.165, 1.54) is 6.07 Å². The fourth-order valence-electron chi connectivity index (χ4n) is 2.53. The predicted octanol–water partition coefficient (Wildman–Crippen LogP) is 2.42. The van der Waals surface area contributed by atoms with Gasteiger partial charge in [-0.15, -0.1) is 0 Å². The van der Waals surface area contributed by atoms with Gasteiger partial charge in [0.05, 0.1) is 37.9 Å². The Hall–Kier alpha value is -2.05. The van der Waals surface area contributed by atoms with Gasteiger partial charge in [0.1, 0.15) is 5.82 Å². The minimum absolute atomic E-state index is 0.194. The SMILES string of the molecule is COc1cccc(C(C)N2CN(Cc3ncccc3F)C2)n1. The molecule has 2 aromatic heterocycles. The fraction of sp³-hybridized carbons (Fsp3) is 0.375. The molecule has 6 heteroatoms. The number of methoxy groups -OCH3 is 1. The van der Waals surface area contributed by atoms with E-state index in [1.54, 1.807) is 19.4 Å². The average molecular weight is 302 g/mol. The fourth-order valence-corrected chi connectivity index (χ4v) is 2.53. The monoisotopic (exact) mass is 302 g/mol. The molecule has 1 atom stereocenters. The number of rotatable bonds is 5. The molecule has 3 rings (SSSR count). The summed E-state index contributed by atoms with van der Waals surface area (Å²) in [5.41, 5.74) is 1.47. The van der Waals surface area contributed by atoms with Gasteiger partial charge in [0.15, 0.2) is 0 Å². The molecule has 1 aliphatic rings. The third kappa shape index (κ3) is 3.08. The molecule has 1 unspecified atom stereocenters. The molecule has 2 aromatic rings. The minimum atomic E-state index is -0.247. The Balaban J connectivity index is 1.57. The Morgan fingerprint density at radius 1 is 1.27 bits per heavy atom. The molecular weight excluding hydrogens is 283 g/mol. The Labute approximate surface area is 129 Å². The first-order valence-corrected chi connectivity index (χ1v) is 7.24. The maximum atomic E-state index is 13.6. The summed E-state index contributed by atoms with van der Waals surface area (Å²) in [6.07, 6.45) is 1.62. The lowest BCUT2D eigenvalue weighted by atomic mass is 10.1.